The van der Waals surface area contributed by atoms with Crippen molar-refractivity contribution in [2.45, 2.75) is 39.2 Å². The van der Waals surface area contributed by atoms with Crippen molar-refractivity contribution in [2.24, 2.45) is 10.9 Å². The molecular formula is C19H30IN5S. The fraction of sp³-hybridized carbons (Fsp3) is 0.579. The quantitative estimate of drug-likeness (QED) is 0.391. The molecule has 2 aromatic rings. The highest BCUT2D eigenvalue weighted by Gasteiger charge is 2.28. The minimum atomic E-state index is 0. The molecule has 0 amide bonds. The molecule has 0 spiro atoms. The molecule has 0 bridgehead atoms. The van der Waals surface area contributed by atoms with E-state index in [9.17, 15) is 0 Å². The van der Waals surface area contributed by atoms with Crippen LogP contribution >= 0.6 is 35.3 Å². The van der Waals surface area contributed by atoms with Crippen molar-refractivity contribution in [2.75, 3.05) is 26.2 Å². The number of aliphatic imine (C=N–C) groups is 1. The normalized spacial score (nSPS) is 22.0. The van der Waals surface area contributed by atoms with Crippen molar-refractivity contribution in [1.82, 2.24) is 19.8 Å². The van der Waals surface area contributed by atoms with E-state index in [-0.39, 0.29) is 24.0 Å². The Balaban J connectivity index is 0.00000243. The Labute approximate surface area is 177 Å². The van der Waals surface area contributed by atoms with E-state index in [2.05, 4.69) is 64.2 Å². The van der Waals surface area contributed by atoms with E-state index in [1.807, 2.05) is 23.9 Å². The predicted octanol–water partition coefficient (Wildman–Crippen LogP) is 4.21. The summed E-state index contributed by atoms with van der Waals surface area (Å²) in [5.41, 5.74) is 0. The van der Waals surface area contributed by atoms with Gasteiger partial charge in [-0.1, -0.05) is 19.9 Å². The van der Waals surface area contributed by atoms with Crippen LogP contribution in [0.3, 0.4) is 0 Å². The number of halogens is 1. The zero-order valence-corrected chi connectivity index (χ0v) is 19.0. The second-order valence-electron chi connectivity index (χ2n) is 6.90. The molecule has 26 heavy (non-hydrogen) atoms. The Hall–Kier alpha value is -1.09. The van der Waals surface area contributed by atoms with Gasteiger partial charge in [0.2, 0.25) is 0 Å². The maximum Gasteiger partial charge on any atom is 0.194 e. The third kappa shape index (κ3) is 5.22. The highest BCUT2D eigenvalue weighted by molar-refractivity contribution is 14.0. The van der Waals surface area contributed by atoms with Gasteiger partial charge in [-0.25, -0.2) is 4.98 Å². The van der Waals surface area contributed by atoms with Crippen molar-refractivity contribution < 1.29 is 0 Å². The third-order valence-electron chi connectivity index (χ3n) is 5.00. The molecular weight excluding hydrogens is 457 g/mol. The molecule has 0 radical (unpaired) electrons. The maximum absolute atomic E-state index is 4.95. The summed E-state index contributed by atoms with van der Waals surface area (Å²) in [4.78, 5) is 13.0. The lowest BCUT2D eigenvalue weighted by Gasteiger charge is -2.39. The number of guanidine groups is 1. The Morgan fingerprint density at radius 2 is 2.35 bits per heavy atom. The molecule has 3 unspecified atom stereocenters. The van der Waals surface area contributed by atoms with E-state index in [0.717, 1.165) is 32.1 Å². The first-order valence-corrected chi connectivity index (χ1v) is 10.1. The van der Waals surface area contributed by atoms with Gasteiger partial charge in [0.05, 0.1) is 18.9 Å². The van der Waals surface area contributed by atoms with Crippen molar-refractivity contribution in [3.63, 3.8) is 0 Å². The van der Waals surface area contributed by atoms with Crippen LogP contribution in [-0.4, -0.2) is 46.6 Å². The molecule has 3 rings (SSSR count). The summed E-state index contributed by atoms with van der Waals surface area (Å²) in [6.45, 7) is 10.5. The predicted molar refractivity (Wildman–Crippen MR) is 121 cm³/mol. The molecule has 1 aliphatic heterocycles. The van der Waals surface area contributed by atoms with E-state index in [0.29, 0.717) is 17.9 Å². The molecule has 1 saturated heterocycles. The van der Waals surface area contributed by atoms with Gasteiger partial charge in [0.1, 0.15) is 0 Å². The van der Waals surface area contributed by atoms with E-state index in [1.54, 1.807) is 0 Å². The van der Waals surface area contributed by atoms with Gasteiger partial charge >= 0.3 is 0 Å². The maximum atomic E-state index is 4.95. The number of likely N-dealkylation sites (tertiary alicyclic amines) is 1. The Morgan fingerprint density at radius 3 is 3.00 bits per heavy atom. The average molecular weight is 487 g/mol. The van der Waals surface area contributed by atoms with Crippen LogP contribution < -0.4 is 5.32 Å². The molecule has 0 saturated carbocycles. The Bertz CT molecular complexity index is 656. The van der Waals surface area contributed by atoms with E-state index in [4.69, 9.17) is 4.99 Å². The summed E-state index contributed by atoms with van der Waals surface area (Å²) in [5, 5.41) is 5.63. The topological polar surface area (TPSA) is 45.5 Å². The number of nitrogens with zero attached hydrogens (tertiary/aromatic N) is 4. The monoisotopic (exact) mass is 487 g/mol. The smallest absolute Gasteiger partial charge is 0.194 e. The minimum Gasteiger partial charge on any atom is -0.357 e. The van der Waals surface area contributed by atoms with Gasteiger partial charge in [-0.2, -0.15) is 0 Å². The number of piperidine rings is 1. The second-order valence-corrected chi connectivity index (χ2v) is 7.88. The summed E-state index contributed by atoms with van der Waals surface area (Å²) in [5.74, 6) is 2.16. The minimum absolute atomic E-state index is 0. The van der Waals surface area contributed by atoms with Crippen LogP contribution in [0.1, 0.15) is 44.0 Å². The van der Waals surface area contributed by atoms with Crippen LogP contribution in [-0.2, 0) is 0 Å². The third-order valence-corrected chi connectivity index (χ3v) is 6.11. The largest absolute Gasteiger partial charge is 0.357 e. The number of thiophene rings is 1. The van der Waals surface area contributed by atoms with Crippen molar-refractivity contribution in [3.8, 4) is 0 Å². The molecule has 1 aliphatic rings. The molecule has 1 N–H and O–H groups in total. The highest BCUT2D eigenvalue weighted by atomic mass is 127. The first kappa shape index (κ1) is 21.2. The molecule has 0 aliphatic carbocycles. The summed E-state index contributed by atoms with van der Waals surface area (Å²) in [6.07, 6.45) is 7.06. The fourth-order valence-electron chi connectivity index (χ4n) is 3.41. The van der Waals surface area contributed by atoms with Crippen LogP contribution in [0.15, 0.2) is 41.2 Å². The summed E-state index contributed by atoms with van der Waals surface area (Å²) in [6, 6.07) is 4.78. The molecule has 144 valence electrons. The van der Waals surface area contributed by atoms with Crippen molar-refractivity contribution in [3.05, 3.63) is 41.1 Å². The standard InChI is InChI=1S/C19H29N5S.HI/c1-4-21-19(22-12-16(3)18-6-5-11-25-18)23-9-7-15(2)17(13-23)24-10-8-20-14-24;/h5-6,8,10-11,14-17H,4,7,9,12-13H2,1-3H3,(H,21,22);1H. The molecule has 7 heteroatoms. The van der Waals surface area contributed by atoms with Gasteiger partial charge in [0, 0.05) is 42.8 Å². The number of hydrogen-bond acceptors (Lipinski definition) is 3. The second kappa shape index (κ2) is 10.3. The molecule has 1 fully saturated rings. The van der Waals surface area contributed by atoms with Crippen molar-refractivity contribution in [1.29, 1.82) is 0 Å². The zero-order chi connectivity index (χ0) is 17.6. The van der Waals surface area contributed by atoms with Crippen LogP contribution in [0.25, 0.3) is 0 Å². The van der Waals surface area contributed by atoms with Gasteiger partial charge in [-0.3, -0.25) is 4.99 Å². The zero-order valence-electron chi connectivity index (χ0n) is 15.8. The lowest BCUT2D eigenvalue weighted by atomic mass is 9.93. The number of aromatic nitrogens is 2. The van der Waals surface area contributed by atoms with Gasteiger partial charge < -0.3 is 14.8 Å². The van der Waals surface area contributed by atoms with Gasteiger partial charge in [-0.05, 0) is 30.7 Å². The molecule has 3 atom stereocenters. The summed E-state index contributed by atoms with van der Waals surface area (Å²) in [7, 11) is 0. The van der Waals surface area contributed by atoms with E-state index < -0.39 is 0 Å². The van der Waals surface area contributed by atoms with Gasteiger partial charge in [0.25, 0.3) is 0 Å². The van der Waals surface area contributed by atoms with E-state index >= 15 is 0 Å². The lowest BCUT2D eigenvalue weighted by Crippen LogP contribution is -2.49. The summed E-state index contributed by atoms with van der Waals surface area (Å²) < 4.78 is 2.24. The average Bonchev–Trinajstić information content (AvgIpc) is 3.32. The highest BCUT2D eigenvalue weighted by Crippen LogP contribution is 2.27. The molecule has 3 heterocycles. The van der Waals surface area contributed by atoms with Crippen molar-refractivity contribution >= 4 is 41.3 Å². The Morgan fingerprint density at radius 1 is 1.50 bits per heavy atom. The van der Waals surface area contributed by atoms with Gasteiger partial charge in [-0.15, -0.1) is 35.3 Å². The summed E-state index contributed by atoms with van der Waals surface area (Å²) >= 11 is 1.82. The first-order chi connectivity index (χ1) is 12.2. The number of imidazole rings is 1. The van der Waals surface area contributed by atoms with Crippen LogP contribution in [0, 0.1) is 5.92 Å². The SMILES string of the molecule is CCNC(=NCC(C)c1cccs1)N1CCC(C)C(n2ccnc2)C1.I. The lowest BCUT2D eigenvalue weighted by molar-refractivity contribution is 0.189. The van der Waals surface area contributed by atoms with Crippen LogP contribution in [0.4, 0.5) is 0 Å². The molecule has 0 aromatic carbocycles. The van der Waals surface area contributed by atoms with Crippen LogP contribution in [0.5, 0.6) is 0 Å². The number of nitrogens with one attached hydrogen (secondary N) is 1. The molecule has 2 aromatic heterocycles. The number of rotatable bonds is 5. The van der Waals surface area contributed by atoms with Crippen LogP contribution in [0.2, 0.25) is 0 Å². The Kier molecular flexibility index (Phi) is 8.40. The first-order valence-electron chi connectivity index (χ1n) is 9.23. The molecule has 5 nitrogen and oxygen atoms in total. The van der Waals surface area contributed by atoms with E-state index in [1.165, 1.54) is 11.3 Å². The number of hydrogen-bond donors (Lipinski definition) is 1. The van der Waals surface area contributed by atoms with Gasteiger partial charge in [0.15, 0.2) is 5.96 Å². The fourth-order valence-corrected chi connectivity index (χ4v) is 4.18.